The molecule has 0 aromatic heterocycles. The molecule has 0 aliphatic carbocycles. The van der Waals surface area contributed by atoms with Crippen LogP contribution in [-0.2, 0) is 9.59 Å². The van der Waals surface area contributed by atoms with Crippen LogP contribution < -0.4 is 10.6 Å². The maximum atomic E-state index is 12.5. The summed E-state index contributed by atoms with van der Waals surface area (Å²) in [4.78, 5) is 38.8. The van der Waals surface area contributed by atoms with Gasteiger partial charge in [0.25, 0.3) is 5.91 Å². The summed E-state index contributed by atoms with van der Waals surface area (Å²) in [5.74, 6) is -0.596. The molecular formula is C24H29N3O3. The van der Waals surface area contributed by atoms with Gasteiger partial charge in [-0.05, 0) is 42.5 Å². The van der Waals surface area contributed by atoms with Crippen molar-refractivity contribution >= 4 is 17.7 Å². The van der Waals surface area contributed by atoms with Crippen LogP contribution in [0.15, 0.2) is 54.6 Å². The number of nitrogens with one attached hydrogen (secondary N) is 2. The van der Waals surface area contributed by atoms with Gasteiger partial charge in [-0.15, -0.1) is 0 Å². The Hall–Kier alpha value is -3.15. The maximum absolute atomic E-state index is 12.5. The van der Waals surface area contributed by atoms with Crippen LogP contribution in [0, 0.1) is 5.92 Å². The number of hydrogen-bond donors (Lipinski definition) is 2. The molecule has 1 fully saturated rings. The number of benzene rings is 2. The van der Waals surface area contributed by atoms with Crippen LogP contribution in [0.5, 0.6) is 0 Å². The van der Waals surface area contributed by atoms with Gasteiger partial charge in [-0.2, -0.15) is 0 Å². The van der Waals surface area contributed by atoms with Crippen LogP contribution in [0.25, 0.3) is 11.1 Å². The highest BCUT2D eigenvalue weighted by Gasteiger charge is 2.28. The molecule has 0 saturated carbocycles. The predicted molar refractivity (Wildman–Crippen MR) is 117 cm³/mol. The van der Waals surface area contributed by atoms with E-state index in [0.717, 1.165) is 30.4 Å². The number of hydrogen-bond acceptors (Lipinski definition) is 3. The van der Waals surface area contributed by atoms with Gasteiger partial charge in [0.05, 0.1) is 12.5 Å². The van der Waals surface area contributed by atoms with Gasteiger partial charge in [0.2, 0.25) is 11.8 Å². The Kier molecular flexibility index (Phi) is 7.60. The second kappa shape index (κ2) is 10.6. The van der Waals surface area contributed by atoms with E-state index < -0.39 is 0 Å². The molecule has 1 atom stereocenters. The molecule has 2 aromatic carbocycles. The average molecular weight is 408 g/mol. The lowest BCUT2D eigenvalue weighted by atomic mass is 9.97. The summed E-state index contributed by atoms with van der Waals surface area (Å²) < 4.78 is 0. The second-order valence-corrected chi connectivity index (χ2v) is 7.60. The summed E-state index contributed by atoms with van der Waals surface area (Å²) in [6.45, 7) is 3.63. The molecule has 158 valence electrons. The van der Waals surface area contributed by atoms with Crippen LogP contribution in [0.3, 0.4) is 0 Å². The minimum atomic E-state index is -0.280. The van der Waals surface area contributed by atoms with Crippen molar-refractivity contribution in [1.29, 1.82) is 0 Å². The Balaban J connectivity index is 1.50. The lowest BCUT2D eigenvalue weighted by Gasteiger charge is -2.32. The Morgan fingerprint density at radius 2 is 1.67 bits per heavy atom. The van der Waals surface area contributed by atoms with Crippen molar-refractivity contribution in [3.05, 3.63) is 60.2 Å². The average Bonchev–Trinajstić information content (AvgIpc) is 2.81. The molecule has 0 spiro atoms. The van der Waals surface area contributed by atoms with Crippen LogP contribution in [0.1, 0.15) is 36.5 Å². The van der Waals surface area contributed by atoms with Crippen molar-refractivity contribution in [3.8, 4) is 11.1 Å². The van der Waals surface area contributed by atoms with Gasteiger partial charge in [0.1, 0.15) is 0 Å². The van der Waals surface area contributed by atoms with Crippen LogP contribution in [-0.4, -0.2) is 48.8 Å². The summed E-state index contributed by atoms with van der Waals surface area (Å²) >= 11 is 0. The maximum Gasteiger partial charge on any atom is 0.251 e. The Labute approximate surface area is 177 Å². The highest BCUT2D eigenvalue weighted by atomic mass is 16.2. The predicted octanol–water partition coefficient (Wildman–Crippen LogP) is 2.85. The molecule has 30 heavy (non-hydrogen) atoms. The van der Waals surface area contributed by atoms with E-state index in [1.165, 1.54) is 0 Å². The van der Waals surface area contributed by atoms with Crippen molar-refractivity contribution in [2.24, 2.45) is 5.92 Å². The molecule has 2 aromatic rings. The van der Waals surface area contributed by atoms with E-state index >= 15 is 0 Å². The lowest BCUT2D eigenvalue weighted by molar-refractivity contribution is -0.134. The number of nitrogens with zero attached hydrogens (tertiary/aromatic N) is 1. The number of rotatable bonds is 7. The van der Waals surface area contributed by atoms with E-state index in [9.17, 15) is 14.4 Å². The molecule has 1 heterocycles. The number of likely N-dealkylation sites (tertiary alicyclic amines) is 1. The third kappa shape index (κ3) is 5.69. The van der Waals surface area contributed by atoms with Crippen molar-refractivity contribution in [1.82, 2.24) is 15.5 Å². The first kappa shape index (κ1) is 21.6. The largest absolute Gasteiger partial charge is 0.356 e. The third-order valence-electron chi connectivity index (χ3n) is 5.35. The lowest BCUT2D eigenvalue weighted by Crippen LogP contribution is -2.48. The smallest absolute Gasteiger partial charge is 0.251 e. The summed E-state index contributed by atoms with van der Waals surface area (Å²) in [5, 5.41) is 5.61. The number of carbonyl (C=O) groups excluding carboxylic acids is 3. The molecule has 1 aliphatic rings. The van der Waals surface area contributed by atoms with Gasteiger partial charge in [0, 0.05) is 25.2 Å². The van der Waals surface area contributed by atoms with E-state index in [2.05, 4.69) is 10.6 Å². The standard InChI is InChI=1S/C24H29N3O3/c1-2-14-25-24(30)21-9-6-15-27(17-21)22(28)16-26-23(29)20-12-10-19(11-13-20)18-7-4-3-5-8-18/h3-5,7-8,10-13,21H,2,6,9,14-17H2,1H3,(H,25,30)(H,26,29). The topological polar surface area (TPSA) is 78.5 Å². The summed E-state index contributed by atoms with van der Waals surface area (Å²) in [6, 6.07) is 17.3. The molecule has 1 aliphatic heterocycles. The van der Waals surface area contributed by atoms with Gasteiger partial charge in [-0.25, -0.2) is 0 Å². The molecule has 2 N–H and O–H groups in total. The van der Waals surface area contributed by atoms with Crippen LogP contribution >= 0.6 is 0 Å². The highest BCUT2D eigenvalue weighted by Crippen LogP contribution is 2.19. The minimum Gasteiger partial charge on any atom is -0.356 e. The Morgan fingerprint density at radius 1 is 0.967 bits per heavy atom. The van der Waals surface area contributed by atoms with Gasteiger partial charge in [0.15, 0.2) is 0 Å². The fraction of sp³-hybridized carbons (Fsp3) is 0.375. The van der Waals surface area contributed by atoms with E-state index in [4.69, 9.17) is 0 Å². The molecule has 6 heteroatoms. The van der Waals surface area contributed by atoms with Gasteiger partial charge in [-0.1, -0.05) is 49.4 Å². The van der Waals surface area contributed by atoms with Gasteiger partial charge in [-0.3, -0.25) is 14.4 Å². The number of amides is 3. The minimum absolute atomic E-state index is 0.0110. The van der Waals surface area contributed by atoms with E-state index in [-0.39, 0.29) is 30.2 Å². The Bertz CT molecular complexity index is 865. The molecule has 1 saturated heterocycles. The molecule has 6 nitrogen and oxygen atoms in total. The zero-order valence-electron chi connectivity index (χ0n) is 17.4. The molecular weight excluding hydrogens is 378 g/mol. The first-order valence-corrected chi connectivity index (χ1v) is 10.6. The van der Waals surface area contributed by atoms with Gasteiger partial charge >= 0.3 is 0 Å². The zero-order valence-corrected chi connectivity index (χ0v) is 17.4. The normalized spacial score (nSPS) is 16.0. The Morgan fingerprint density at radius 3 is 2.37 bits per heavy atom. The first-order valence-electron chi connectivity index (χ1n) is 10.6. The second-order valence-electron chi connectivity index (χ2n) is 7.60. The molecule has 1 unspecified atom stereocenters. The highest BCUT2D eigenvalue weighted by molar-refractivity contribution is 5.97. The molecule has 3 amide bonds. The first-order chi connectivity index (χ1) is 14.6. The van der Waals surface area contributed by atoms with Crippen molar-refractivity contribution in [2.75, 3.05) is 26.2 Å². The van der Waals surface area contributed by atoms with Crippen LogP contribution in [0.4, 0.5) is 0 Å². The molecule has 3 rings (SSSR count). The quantitative estimate of drug-likeness (QED) is 0.741. The monoisotopic (exact) mass is 407 g/mol. The van der Waals surface area contributed by atoms with Gasteiger partial charge < -0.3 is 15.5 Å². The summed E-state index contributed by atoms with van der Waals surface area (Å²) in [6.07, 6.45) is 2.48. The number of carbonyl (C=O) groups is 3. The SMILES string of the molecule is CCCNC(=O)C1CCCN(C(=O)CNC(=O)c2ccc(-c3ccccc3)cc2)C1. The fourth-order valence-electron chi connectivity index (χ4n) is 3.62. The third-order valence-corrected chi connectivity index (χ3v) is 5.35. The summed E-state index contributed by atoms with van der Waals surface area (Å²) in [5.41, 5.74) is 2.63. The van der Waals surface area contributed by atoms with Crippen molar-refractivity contribution in [3.63, 3.8) is 0 Å². The number of piperidine rings is 1. The molecule has 0 radical (unpaired) electrons. The fourth-order valence-corrected chi connectivity index (χ4v) is 3.62. The van der Waals surface area contributed by atoms with E-state index in [1.54, 1.807) is 17.0 Å². The van der Waals surface area contributed by atoms with E-state index in [0.29, 0.717) is 25.2 Å². The van der Waals surface area contributed by atoms with E-state index in [1.807, 2.05) is 49.4 Å². The van der Waals surface area contributed by atoms with Crippen molar-refractivity contribution < 1.29 is 14.4 Å². The molecule has 0 bridgehead atoms. The van der Waals surface area contributed by atoms with Crippen LogP contribution in [0.2, 0.25) is 0 Å². The van der Waals surface area contributed by atoms with Crippen molar-refractivity contribution in [2.45, 2.75) is 26.2 Å². The zero-order chi connectivity index (χ0) is 21.3. The summed E-state index contributed by atoms with van der Waals surface area (Å²) in [7, 11) is 0.